The Kier molecular flexibility index (Phi) is 6.12. The van der Waals surface area contributed by atoms with Crippen LogP contribution in [0.15, 0.2) is 0 Å². The molecule has 0 spiro atoms. The van der Waals surface area contributed by atoms with E-state index >= 15 is 0 Å². The van der Waals surface area contributed by atoms with E-state index in [9.17, 15) is 9.59 Å². The second-order valence-corrected chi connectivity index (χ2v) is 5.07. The van der Waals surface area contributed by atoms with E-state index < -0.39 is 5.97 Å². The number of carboxylic acids is 1. The first-order chi connectivity index (χ1) is 8.56. The highest BCUT2D eigenvalue weighted by molar-refractivity contribution is 5.79. The first-order valence-corrected chi connectivity index (χ1v) is 6.73. The summed E-state index contributed by atoms with van der Waals surface area (Å²) < 4.78 is 0. The fraction of sp³-hybridized carbons (Fsp3) is 0.846. The molecule has 5 nitrogen and oxygen atoms in total. The Morgan fingerprint density at radius 2 is 2.17 bits per heavy atom. The standard InChI is InChI=1S/C13H24N2O3/c1-10(9-14-2)13(18)15-8-4-3-5-11(15)6-7-12(16)17/h10-11,14H,3-9H2,1-2H3,(H,16,17). The maximum Gasteiger partial charge on any atom is 0.303 e. The van der Waals surface area contributed by atoms with Gasteiger partial charge >= 0.3 is 5.97 Å². The van der Waals surface area contributed by atoms with Crippen LogP contribution in [-0.2, 0) is 9.59 Å². The minimum Gasteiger partial charge on any atom is -0.481 e. The number of carbonyl (C=O) groups is 2. The minimum atomic E-state index is -0.781. The summed E-state index contributed by atoms with van der Waals surface area (Å²) in [4.78, 5) is 24.8. The van der Waals surface area contributed by atoms with E-state index in [0.717, 1.165) is 25.8 Å². The second kappa shape index (κ2) is 7.36. The Morgan fingerprint density at radius 3 is 2.78 bits per heavy atom. The lowest BCUT2D eigenvalue weighted by molar-refractivity contribution is -0.141. The summed E-state index contributed by atoms with van der Waals surface area (Å²) in [5.74, 6) is -0.670. The predicted octanol–water partition coefficient (Wildman–Crippen LogP) is 1.09. The Labute approximate surface area is 109 Å². The van der Waals surface area contributed by atoms with Gasteiger partial charge in [0.25, 0.3) is 0 Å². The van der Waals surface area contributed by atoms with Crippen LogP contribution in [-0.4, -0.2) is 48.1 Å². The van der Waals surface area contributed by atoms with Crippen molar-refractivity contribution >= 4 is 11.9 Å². The van der Waals surface area contributed by atoms with Gasteiger partial charge < -0.3 is 15.3 Å². The largest absolute Gasteiger partial charge is 0.481 e. The molecule has 5 heteroatoms. The Hall–Kier alpha value is -1.10. The van der Waals surface area contributed by atoms with E-state index in [0.29, 0.717) is 13.0 Å². The highest BCUT2D eigenvalue weighted by Crippen LogP contribution is 2.22. The summed E-state index contributed by atoms with van der Waals surface area (Å²) in [5.41, 5.74) is 0. The molecule has 18 heavy (non-hydrogen) atoms. The number of hydrogen-bond donors (Lipinski definition) is 2. The van der Waals surface area contributed by atoms with Gasteiger partial charge in [0.2, 0.25) is 5.91 Å². The SMILES string of the molecule is CNCC(C)C(=O)N1CCCCC1CCC(=O)O. The third-order valence-corrected chi connectivity index (χ3v) is 3.53. The number of rotatable bonds is 6. The molecule has 0 radical (unpaired) electrons. The van der Waals surface area contributed by atoms with Crippen molar-refractivity contribution in [1.82, 2.24) is 10.2 Å². The first-order valence-electron chi connectivity index (χ1n) is 6.73. The van der Waals surface area contributed by atoms with Crippen molar-refractivity contribution in [2.24, 2.45) is 5.92 Å². The molecule has 0 aromatic heterocycles. The van der Waals surface area contributed by atoms with Crippen LogP contribution in [0.4, 0.5) is 0 Å². The van der Waals surface area contributed by atoms with Gasteiger partial charge in [0.05, 0.1) is 0 Å². The lowest BCUT2D eigenvalue weighted by atomic mass is 9.96. The molecule has 1 amide bonds. The lowest BCUT2D eigenvalue weighted by Crippen LogP contribution is -2.47. The van der Waals surface area contributed by atoms with Gasteiger partial charge in [0, 0.05) is 31.5 Å². The van der Waals surface area contributed by atoms with E-state index in [1.807, 2.05) is 18.9 Å². The molecule has 0 bridgehead atoms. The number of hydrogen-bond acceptors (Lipinski definition) is 3. The third-order valence-electron chi connectivity index (χ3n) is 3.53. The maximum absolute atomic E-state index is 12.3. The Bertz CT molecular complexity index is 294. The highest BCUT2D eigenvalue weighted by Gasteiger charge is 2.29. The van der Waals surface area contributed by atoms with Crippen molar-refractivity contribution in [3.63, 3.8) is 0 Å². The zero-order chi connectivity index (χ0) is 13.5. The van der Waals surface area contributed by atoms with Crippen molar-refractivity contribution in [2.75, 3.05) is 20.1 Å². The molecule has 0 aromatic rings. The van der Waals surface area contributed by atoms with Crippen LogP contribution < -0.4 is 5.32 Å². The van der Waals surface area contributed by atoms with Crippen LogP contribution in [0.5, 0.6) is 0 Å². The minimum absolute atomic E-state index is 0.0413. The van der Waals surface area contributed by atoms with E-state index in [1.165, 1.54) is 0 Å². The molecule has 1 saturated heterocycles. The molecule has 1 aliphatic heterocycles. The number of likely N-dealkylation sites (tertiary alicyclic amines) is 1. The van der Waals surface area contributed by atoms with Crippen molar-refractivity contribution in [2.45, 2.75) is 45.1 Å². The van der Waals surface area contributed by atoms with Gasteiger partial charge in [-0.2, -0.15) is 0 Å². The van der Waals surface area contributed by atoms with Crippen molar-refractivity contribution < 1.29 is 14.7 Å². The van der Waals surface area contributed by atoms with Gasteiger partial charge in [-0.05, 0) is 32.7 Å². The van der Waals surface area contributed by atoms with E-state index in [-0.39, 0.29) is 24.3 Å². The van der Waals surface area contributed by atoms with Gasteiger partial charge in [0.1, 0.15) is 0 Å². The normalized spacial score (nSPS) is 21.7. The zero-order valence-electron chi connectivity index (χ0n) is 11.3. The second-order valence-electron chi connectivity index (χ2n) is 5.07. The number of carbonyl (C=O) groups excluding carboxylic acids is 1. The zero-order valence-corrected chi connectivity index (χ0v) is 11.3. The summed E-state index contributed by atoms with van der Waals surface area (Å²) in [6, 6.07) is 0.113. The van der Waals surface area contributed by atoms with E-state index in [2.05, 4.69) is 5.32 Å². The van der Waals surface area contributed by atoms with Gasteiger partial charge in [-0.3, -0.25) is 9.59 Å². The van der Waals surface area contributed by atoms with Crippen LogP contribution in [0.25, 0.3) is 0 Å². The summed E-state index contributed by atoms with van der Waals surface area (Å²) in [6.45, 7) is 3.36. The van der Waals surface area contributed by atoms with Gasteiger partial charge in [-0.1, -0.05) is 6.92 Å². The van der Waals surface area contributed by atoms with E-state index in [4.69, 9.17) is 5.11 Å². The fourth-order valence-electron chi connectivity index (χ4n) is 2.56. The van der Waals surface area contributed by atoms with Gasteiger partial charge in [-0.15, -0.1) is 0 Å². The topological polar surface area (TPSA) is 69.6 Å². The molecule has 2 atom stereocenters. The molecule has 2 unspecified atom stereocenters. The maximum atomic E-state index is 12.3. The monoisotopic (exact) mass is 256 g/mol. The molecular formula is C13H24N2O3. The summed E-state index contributed by atoms with van der Waals surface area (Å²) in [7, 11) is 1.84. The van der Waals surface area contributed by atoms with E-state index in [1.54, 1.807) is 0 Å². The number of nitrogens with zero attached hydrogens (tertiary/aromatic N) is 1. The van der Waals surface area contributed by atoms with Crippen molar-refractivity contribution in [3.8, 4) is 0 Å². The molecule has 2 N–H and O–H groups in total. The Morgan fingerprint density at radius 1 is 1.44 bits per heavy atom. The molecule has 0 saturated carbocycles. The molecule has 1 rings (SSSR count). The predicted molar refractivity (Wildman–Crippen MR) is 69.3 cm³/mol. The summed E-state index contributed by atoms with van der Waals surface area (Å²) in [6.07, 6.45) is 3.78. The number of amides is 1. The highest BCUT2D eigenvalue weighted by atomic mass is 16.4. The molecule has 0 aromatic carbocycles. The average molecular weight is 256 g/mol. The molecule has 1 heterocycles. The summed E-state index contributed by atoms with van der Waals surface area (Å²) in [5, 5.41) is 11.8. The quantitative estimate of drug-likeness (QED) is 0.746. The molecule has 104 valence electrons. The number of piperidine rings is 1. The average Bonchev–Trinajstić information content (AvgIpc) is 2.36. The molecule has 1 aliphatic rings. The van der Waals surface area contributed by atoms with Crippen LogP contribution in [0.2, 0.25) is 0 Å². The number of aliphatic carboxylic acids is 1. The third kappa shape index (κ3) is 4.29. The van der Waals surface area contributed by atoms with Crippen LogP contribution in [0.1, 0.15) is 39.0 Å². The smallest absolute Gasteiger partial charge is 0.303 e. The molecular weight excluding hydrogens is 232 g/mol. The summed E-state index contributed by atoms with van der Waals surface area (Å²) >= 11 is 0. The molecule has 1 fully saturated rings. The van der Waals surface area contributed by atoms with Crippen LogP contribution >= 0.6 is 0 Å². The lowest BCUT2D eigenvalue weighted by Gasteiger charge is -2.37. The molecule has 0 aliphatic carbocycles. The van der Waals surface area contributed by atoms with Gasteiger partial charge in [0.15, 0.2) is 0 Å². The first kappa shape index (κ1) is 15.0. The van der Waals surface area contributed by atoms with Crippen LogP contribution in [0, 0.1) is 5.92 Å². The number of nitrogens with one attached hydrogen (secondary N) is 1. The van der Waals surface area contributed by atoms with Gasteiger partial charge in [-0.25, -0.2) is 0 Å². The Balaban J connectivity index is 2.57. The fourth-order valence-corrected chi connectivity index (χ4v) is 2.56. The van der Waals surface area contributed by atoms with Crippen LogP contribution in [0.3, 0.4) is 0 Å². The van der Waals surface area contributed by atoms with Crippen molar-refractivity contribution in [3.05, 3.63) is 0 Å². The van der Waals surface area contributed by atoms with Crippen molar-refractivity contribution in [1.29, 1.82) is 0 Å². The number of carboxylic acid groups (broad SMARTS) is 1.